The van der Waals surface area contributed by atoms with Crippen molar-refractivity contribution in [3.05, 3.63) is 39.6 Å². The first-order valence-electron chi connectivity index (χ1n) is 6.57. The summed E-state index contributed by atoms with van der Waals surface area (Å²) in [6, 6.07) is 7.37. The van der Waals surface area contributed by atoms with E-state index in [4.69, 9.17) is 4.74 Å². The Morgan fingerprint density at radius 1 is 1.38 bits per heavy atom. The van der Waals surface area contributed by atoms with E-state index in [0.29, 0.717) is 16.2 Å². The van der Waals surface area contributed by atoms with Gasteiger partial charge in [-0.2, -0.15) is 0 Å². The summed E-state index contributed by atoms with van der Waals surface area (Å²) >= 11 is 1.34. The molecule has 1 aromatic carbocycles. The molecule has 1 aromatic heterocycles. The van der Waals surface area contributed by atoms with E-state index in [1.54, 1.807) is 14.0 Å². The molecule has 0 aliphatic heterocycles. The molecule has 0 saturated carbocycles. The highest BCUT2D eigenvalue weighted by molar-refractivity contribution is 7.11. The molecule has 21 heavy (non-hydrogen) atoms. The first-order chi connectivity index (χ1) is 10.1. The summed E-state index contributed by atoms with van der Waals surface area (Å²) in [5, 5.41) is 9.19. The van der Waals surface area contributed by atoms with Crippen molar-refractivity contribution < 1.29 is 14.6 Å². The van der Waals surface area contributed by atoms with Gasteiger partial charge in [0.15, 0.2) is 10.6 Å². The number of Topliss-reactive ketones (excluding diaryl/α,β-unsaturated/α-hetero) is 1. The largest absolute Gasteiger partial charge is 0.497 e. The van der Waals surface area contributed by atoms with Crippen LogP contribution in [-0.4, -0.2) is 29.2 Å². The van der Waals surface area contributed by atoms with Crippen LogP contribution in [0, 0.1) is 6.92 Å². The van der Waals surface area contributed by atoms with Gasteiger partial charge in [-0.3, -0.25) is 4.79 Å². The number of aromatic nitrogens is 1. The summed E-state index contributed by atoms with van der Waals surface area (Å²) in [5.74, 6) is 0.782. The van der Waals surface area contributed by atoms with E-state index in [-0.39, 0.29) is 12.4 Å². The molecule has 2 aromatic rings. The molecular weight excluding hydrogens is 288 g/mol. The van der Waals surface area contributed by atoms with Gasteiger partial charge in [0.2, 0.25) is 0 Å². The van der Waals surface area contributed by atoms with Crippen LogP contribution < -0.4 is 9.54 Å². The van der Waals surface area contributed by atoms with E-state index in [0.717, 1.165) is 17.1 Å². The summed E-state index contributed by atoms with van der Waals surface area (Å²) in [5.41, 5.74) is 1.62. The number of aliphatic hydroxyl groups excluding tert-OH is 1. The molecule has 0 saturated heterocycles. The fourth-order valence-corrected chi connectivity index (χ4v) is 3.10. The number of methoxy groups -OCH3 is 1. The van der Waals surface area contributed by atoms with E-state index >= 15 is 0 Å². The summed E-state index contributed by atoms with van der Waals surface area (Å²) in [7, 11) is 1.61. The van der Waals surface area contributed by atoms with Gasteiger partial charge >= 0.3 is 0 Å². The topological polar surface area (TPSA) is 63.8 Å². The Morgan fingerprint density at radius 3 is 2.57 bits per heavy atom. The van der Waals surface area contributed by atoms with Crippen molar-refractivity contribution in [2.75, 3.05) is 13.7 Å². The van der Waals surface area contributed by atoms with Crippen LogP contribution in [0.2, 0.25) is 0 Å². The number of hydrogen-bond acceptors (Lipinski definition) is 5. The third-order valence-corrected chi connectivity index (χ3v) is 4.38. The minimum absolute atomic E-state index is 0.00468. The number of thiazole rings is 1. The second-order valence-corrected chi connectivity index (χ2v) is 5.52. The molecule has 0 spiro atoms. The van der Waals surface area contributed by atoms with Gasteiger partial charge in [-0.05, 0) is 31.2 Å². The Balaban J connectivity index is 2.52. The molecule has 0 bridgehead atoms. The quantitative estimate of drug-likeness (QED) is 0.862. The lowest BCUT2D eigenvalue weighted by Crippen LogP contribution is -2.18. The normalized spacial score (nSPS) is 11.7. The average Bonchev–Trinajstić information content (AvgIpc) is 2.78. The van der Waals surface area contributed by atoms with Gasteiger partial charge in [0.25, 0.3) is 0 Å². The number of ether oxygens (including phenoxy) is 1. The van der Waals surface area contributed by atoms with E-state index in [9.17, 15) is 9.90 Å². The van der Waals surface area contributed by atoms with Gasteiger partial charge in [0.05, 0.1) is 24.3 Å². The van der Waals surface area contributed by atoms with Gasteiger partial charge in [0, 0.05) is 19.2 Å². The first kappa shape index (κ1) is 15.5. The van der Waals surface area contributed by atoms with Crippen LogP contribution in [0.4, 0.5) is 5.69 Å². The van der Waals surface area contributed by atoms with E-state index in [2.05, 4.69) is 4.99 Å². The number of hydrogen-bond donors (Lipinski definition) is 1. The van der Waals surface area contributed by atoms with Gasteiger partial charge < -0.3 is 14.4 Å². The molecule has 112 valence electrons. The van der Waals surface area contributed by atoms with Crippen LogP contribution in [0.1, 0.15) is 22.3 Å². The van der Waals surface area contributed by atoms with Crippen LogP contribution in [0.15, 0.2) is 29.3 Å². The predicted molar refractivity (Wildman–Crippen MR) is 82.4 cm³/mol. The van der Waals surface area contributed by atoms with Gasteiger partial charge in [-0.15, -0.1) is 0 Å². The first-order valence-corrected chi connectivity index (χ1v) is 7.39. The van der Waals surface area contributed by atoms with Crippen molar-refractivity contribution in [3.63, 3.8) is 0 Å². The number of rotatable bonds is 5. The fraction of sp³-hybridized carbons (Fsp3) is 0.333. The zero-order valence-electron chi connectivity index (χ0n) is 12.3. The lowest BCUT2D eigenvalue weighted by Gasteiger charge is -2.03. The molecule has 0 amide bonds. The average molecular weight is 306 g/mol. The van der Waals surface area contributed by atoms with Gasteiger partial charge in [-0.25, -0.2) is 4.99 Å². The number of benzene rings is 1. The lowest BCUT2D eigenvalue weighted by molar-refractivity contribution is 0.102. The standard InChI is InChI=1S/C15H18N2O3S/c1-10-14(11(2)19)21-15(17(10)8-9-18)16-12-4-6-13(20-3)7-5-12/h4-7,18H,8-9H2,1-3H3/b16-15-. The van der Waals surface area contributed by atoms with Crippen LogP contribution in [0.25, 0.3) is 0 Å². The van der Waals surface area contributed by atoms with E-state index in [1.165, 1.54) is 11.3 Å². The molecule has 1 heterocycles. The van der Waals surface area contributed by atoms with Crippen molar-refractivity contribution in [2.24, 2.45) is 4.99 Å². The molecule has 0 fully saturated rings. The lowest BCUT2D eigenvalue weighted by atomic mass is 10.3. The number of aliphatic hydroxyl groups is 1. The number of carbonyl (C=O) groups is 1. The molecule has 2 rings (SSSR count). The Hall–Kier alpha value is -1.92. The Labute approximate surface area is 127 Å². The summed E-state index contributed by atoms with van der Waals surface area (Å²) < 4.78 is 6.98. The van der Waals surface area contributed by atoms with E-state index < -0.39 is 0 Å². The molecule has 5 nitrogen and oxygen atoms in total. The second kappa shape index (κ2) is 6.69. The maximum absolute atomic E-state index is 11.6. The molecule has 1 N–H and O–H groups in total. The van der Waals surface area contributed by atoms with Crippen molar-refractivity contribution in [1.29, 1.82) is 0 Å². The Kier molecular flexibility index (Phi) is 4.93. The Morgan fingerprint density at radius 2 is 2.05 bits per heavy atom. The zero-order chi connectivity index (χ0) is 15.4. The minimum atomic E-state index is 0.00468. The molecular formula is C15H18N2O3S. The maximum Gasteiger partial charge on any atom is 0.190 e. The fourth-order valence-electron chi connectivity index (χ4n) is 2.03. The summed E-state index contributed by atoms with van der Waals surface area (Å²) in [6.45, 7) is 3.84. The maximum atomic E-state index is 11.6. The summed E-state index contributed by atoms with van der Waals surface area (Å²) in [6.07, 6.45) is 0. The predicted octanol–water partition coefficient (Wildman–Crippen LogP) is 2.29. The van der Waals surface area contributed by atoms with Gasteiger partial charge in [-0.1, -0.05) is 11.3 Å². The molecule has 0 aliphatic rings. The van der Waals surface area contributed by atoms with Crippen LogP contribution in [-0.2, 0) is 6.54 Å². The minimum Gasteiger partial charge on any atom is -0.497 e. The van der Waals surface area contributed by atoms with Gasteiger partial charge in [0.1, 0.15) is 5.75 Å². The zero-order valence-corrected chi connectivity index (χ0v) is 13.1. The van der Waals surface area contributed by atoms with E-state index in [1.807, 2.05) is 35.8 Å². The highest BCUT2D eigenvalue weighted by Crippen LogP contribution is 2.18. The second-order valence-electron chi connectivity index (χ2n) is 4.54. The van der Waals surface area contributed by atoms with Crippen LogP contribution in [0.3, 0.4) is 0 Å². The number of carbonyl (C=O) groups excluding carboxylic acids is 1. The van der Waals surface area contributed by atoms with Crippen molar-refractivity contribution >= 4 is 22.8 Å². The monoisotopic (exact) mass is 306 g/mol. The highest BCUT2D eigenvalue weighted by atomic mass is 32.1. The third-order valence-electron chi connectivity index (χ3n) is 3.10. The molecule has 0 radical (unpaired) electrons. The van der Waals surface area contributed by atoms with Crippen LogP contribution in [0.5, 0.6) is 5.75 Å². The molecule has 0 atom stereocenters. The smallest absolute Gasteiger partial charge is 0.190 e. The highest BCUT2D eigenvalue weighted by Gasteiger charge is 2.13. The Bertz CT molecular complexity index is 699. The SMILES string of the molecule is COc1ccc(/N=c2\sc(C(C)=O)c(C)n2CCO)cc1. The molecule has 0 unspecified atom stereocenters. The van der Waals surface area contributed by atoms with Crippen molar-refractivity contribution in [3.8, 4) is 5.75 Å². The molecule has 6 heteroatoms. The molecule has 0 aliphatic carbocycles. The number of nitrogens with zero attached hydrogens (tertiary/aromatic N) is 2. The third kappa shape index (κ3) is 3.40. The van der Waals surface area contributed by atoms with Crippen molar-refractivity contribution in [1.82, 2.24) is 4.57 Å². The summed E-state index contributed by atoms with van der Waals surface area (Å²) in [4.78, 5) is 17.6. The van der Waals surface area contributed by atoms with Crippen molar-refractivity contribution in [2.45, 2.75) is 20.4 Å². The number of ketones is 1. The van der Waals surface area contributed by atoms with Crippen LogP contribution >= 0.6 is 11.3 Å².